The molecule has 2 rings (SSSR count). The predicted octanol–water partition coefficient (Wildman–Crippen LogP) is 5.14. The van der Waals surface area contributed by atoms with E-state index in [2.05, 4.69) is 25.9 Å². The first kappa shape index (κ1) is 15.3. The van der Waals surface area contributed by atoms with Crippen LogP contribution in [0.4, 0.5) is 11.5 Å². The number of anilines is 2. The highest BCUT2D eigenvalue weighted by molar-refractivity contribution is 9.11. The zero-order valence-corrected chi connectivity index (χ0v) is 13.8. The minimum atomic E-state index is 0.395. The summed E-state index contributed by atoms with van der Waals surface area (Å²) in [6, 6.07) is 7.57. The fourth-order valence-corrected chi connectivity index (χ4v) is 2.29. The van der Waals surface area contributed by atoms with Crippen LogP contribution < -0.4 is 4.90 Å². The van der Waals surface area contributed by atoms with Crippen molar-refractivity contribution < 1.29 is 0 Å². The summed E-state index contributed by atoms with van der Waals surface area (Å²) in [4.78, 5) is 11.9. The molecule has 20 heavy (non-hydrogen) atoms. The molecule has 1 aromatic carbocycles. The summed E-state index contributed by atoms with van der Waals surface area (Å²) < 4.78 is 0. The van der Waals surface area contributed by atoms with E-state index >= 15 is 0 Å². The van der Waals surface area contributed by atoms with Crippen LogP contribution in [0.1, 0.15) is 5.56 Å². The lowest BCUT2D eigenvalue weighted by Crippen LogP contribution is -2.18. The molecule has 0 fully saturated rings. The third-order valence-corrected chi connectivity index (χ3v) is 3.57. The second-order valence-corrected chi connectivity index (χ2v) is 5.45. The first-order valence-corrected chi connectivity index (χ1v) is 7.55. The maximum absolute atomic E-state index is 6.31. The lowest BCUT2D eigenvalue weighted by Gasteiger charge is -2.23. The predicted molar refractivity (Wildman–Crippen MR) is 88.3 cm³/mol. The Morgan fingerprint density at radius 1 is 1.25 bits per heavy atom. The van der Waals surface area contributed by atoms with Gasteiger partial charge in [-0.15, -0.1) is 0 Å². The van der Waals surface area contributed by atoms with Gasteiger partial charge in [0.25, 0.3) is 0 Å². The minimum absolute atomic E-state index is 0.395. The van der Waals surface area contributed by atoms with Crippen LogP contribution in [0.3, 0.4) is 0 Å². The van der Waals surface area contributed by atoms with E-state index in [1.807, 2.05) is 36.1 Å². The topological polar surface area (TPSA) is 29.0 Å². The Bertz CT molecular complexity index is 632. The maximum Gasteiger partial charge on any atom is 0.138 e. The Balaban J connectivity index is 2.49. The van der Waals surface area contributed by atoms with Gasteiger partial charge in [-0.3, -0.25) is 0 Å². The van der Waals surface area contributed by atoms with Crippen LogP contribution in [0.15, 0.2) is 41.7 Å². The van der Waals surface area contributed by atoms with E-state index in [0.717, 1.165) is 11.3 Å². The molecule has 0 unspecified atom stereocenters. The number of hydrogen-bond donors (Lipinski definition) is 0. The van der Waals surface area contributed by atoms with Crippen molar-refractivity contribution in [3.8, 4) is 0 Å². The molecule has 0 aliphatic rings. The van der Waals surface area contributed by atoms with Gasteiger partial charge >= 0.3 is 0 Å². The SMILES string of the molecule is Cc1ccc(Cl)c(N(C/C=C/Br)c2cc(Cl)ncn2)c1. The van der Waals surface area contributed by atoms with Gasteiger partial charge in [0, 0.05) is 12.6 Å². The van der Waals surface area contributed by atoms with E-state index in [1.165, 1.54) is 6.33 Å². The molecule has 0 N–H and O–H groups in total. The fourth-order valence-electron chi connectivity index (χ4n) is 1.76. The first-order chi connectivity index (χ1) is 9.61. The van der Waals surface area contributed by atoms with E-state index in [0.29, 0.717) is 22.5 Å². The molecule has 0 radical (unpaired) electrons. The maximum atomic E-state index is 6.31. The fraction of sp³-hybridized carbons (Fsp3) is 0.143. The highest BCUT2D eigenvalue weighted by atomic mass is 79.9. The van der Waals surface area contributed by atoms with Crippen LogP contribution in [0, 0.1) is 6.92 Å². The largest absolute Gasteiger partial charge is 0.321 e. The molecule has 0 saturated heterocycles. The second-order valence-electron chi connectivity index (χ2n) is 4.13. The Hall–Kier alpha value is -1.10. The number of rotatable bonds is 4. The summed E-state index contributed by atoms with van der Waals surface area (Å²) in [5.74, 6) is 0.697. The molecule has 0 bridgehead atoms. The van der Waals surface area contributed by atoms with Crippen LogP contribution in [-0.4, -0.2) is 16.5 Å². The van der Waals surface area contributed by atoms with Crippen LogP contribution >= 0.6 is 39.1 Å². The van der Waals surface area contributed by atoms with E-state index in [4.69, 9.17) is 23.2 Å². The van der Waals surface area contributed by atoms with Crippen molar-refractivity contribution in [2.45, 2.75) is 6.92 Å². The summed E-state index contributed by atoms with van der Waals surface area (Å²) in [7, 11) is 0. The molecular formula is C14H12BrCl2N3. The van der Waals surface area contributed by atoms with Crippen molar-refractivity contribution in [2.75, 3.05) is 11.4 Å². The Kier molecular flexibility index (Phi) is 5.40. The van der Waals surface area contributed by atoms with Crippen molar-refractivity contribution in [1.82, 2.24) is 9.97 Å². The third-order valence-electron chi connectivity index (χ3n) is 2.67. The van der Waals surface area contributed by atoms with Crippen molar-refractivity contribution in [1.29, 1.82) is 0 Å². The van der Waals surface area contributed by atoms with E-state index in [-0.39, 0.29) is 0 Å². The third kappa shape index (κ3) is 3.72. The Morgan fingerprint density at radius 2 is 2.05 bits per heavy atom. The highest BCUT2D eigenvalue weighted by Crippen LogP contribution is 2.32. The van der Waals surface area contributed by atoms with E-state index in [9.17, 15) is 0 Å². The lowest BCUT2D eigenvalue weighted by atomic mass is 10.2. The van der Waals surface area contributed by atoms with E-state index < -0.39 is 0 Å². The first-order valence-electron chi connectivity index (χ1n) is 5.88. The smallest absolute Gasteiger partial charge is 0.138 e. The summed E-state index contributed by atoms with van der Waals surface area (Å²) in [5, 5.41) is 1.06. The number of aryl methyl sites for hydroxylation is 1. The molecule has 2 aromatic rings. The number of benzene rings is 1. The molecule has 0 aliphatic carbocycles. The number of aromatic nitrogens is 2. The zero-order chi connectivity index (χ0) is 14.5. The molecule has 104 valence electrons. The summed E-state index contributed by atoms with van der Waals surface area (Å²) in [6.07, 6.45) is 3.39. The van der Waals surface area contributed by atoms with Crippen LogP contribution in [0.25, 0.3) is 0 Å². The van der Waals surface area contributed by atoms with Crippen LogP contribution in [0.5, 0.6) is 0 Å². The average molecular weight is 373 g/mol. The summed E-state index contributed by atoms with van der Waals surface area (Å²) >= 11 is 15.5. The molecule has 0 amide bonds. The summed E-state index contributed by atoms with van der Waals surface area (Å²) in [6.45, 7) is 2.63. The Labute approximate surface area is 136 Å². The minimum Gasteiger partial charge on any atom is -0.321 e. The van der Waals surface area contributed by atoms with Gasteiger partial charge in [-0.25, -0.2) is 9.97 Å². The molecular weight excluding hydrogens is 361 g/mol. The molecule has 0 saturated carbocycles. The molecule has 1 aromatic heterocycles. The summed E-state index contributed by atoms with van der Waals surface area (Å²) in [5.41, 5.74) is 2.00. The van der Waals surface area contributed by atoms with Crippen molar-refractivity contribution in [2.24, 2.45) is 0 Å². The van der Waals surface area contributed by atoms with Gasteiger partial charge < -0.3 is 4.90 Å². The van der Waals surface area contributed by atoms with Crippen molar-refractivity contribution >= 4 is 50.6 Å². The van der Waals surface area contributed by atoms with E-state index in [1.54, 1.807) is 11.1 Å². The van der Waals surface area contributed by atoms with Gasteiger partial charge in [0.2, 0.25) is 0 Å². The standard InChI is InChI=1S/C14H12BrCl2N3/c1-10-3-4-11(16)12(7-10)20(6-2-5-15)14-8-13(17)18-9-19-14/h2-5,7-9H,6H2,1H3/b5-2+. The van der Waals surface area contributed by atoms with Crippen LogP contribution in [-0.2, 0) is 0 Å². The Morgan fingerprint density at radius 3 is 2.75 bits per heavy atom. The monoisotopic (exact) mass is 371 g/mol. The van der Waals surface area contributed by atoms with Crippen LogP contribution in [0.2, 0.25) is 10.2 Å². The van der Waals surface area contributed by atoms with Gasteiger partial charge in [-0.2, -0.15) is 0 Å². The number of nitrogens with zero attached hydrogens (tertiary/aromatic N) is 3. The van der Waals surface area contributed by atoms with Gasteiger partial charge in [0.15, 0.2) is 0 Å². The number of hydrogen-bond acceptors (Lipinski definition) is 3. The van der Waals surface area contributed by atoms with Gasteiger partial charge in [0.05, 0.1) is 10.7 Å². The quantitative estimate of drug-likeness (QED) is 0.696. The van der Waals surface area contributed by atoms with Crippen molar-refractivity contribution in [3.05, 3.63) is 57.4 Å². The van der Waals surface area contributed by atoms with Crippen molar-refractivity contribution in [3.63, 3.8) is 0 Å². The zero-order valence-electron chi connectivity index (χ0n) is 10.7. The van der Waals surface area contributed by atoms with Gasteiger partial charge in [-0.05, 0) is 29.6 Å². The lowest BCUT2D eigenvalue weighted by molar-refractivity contribution is 1.02. The molecule has 1 heterocycles. The van der Waals surface area contributed by atoms with Gasteiger partial charge in [0.1, 0.15) is 17.3 Å². The molecule has 0 atom stereocenters. The second kappa shape index (κ2) is 7.07. The molecule has 3 nitrogen and oxygen atoms in total. The normalized spacial score (nSPS) is 11.0. The number of halogens is 3. The van der Waals surface area contributed by atoms with Gasteiger partial charge in [-0.1, -0.05) is 51.3 Å². The average Bonchev–Trinajstić information content (AvgIpc) is 2.43. The molecule has 6 heteroatoms. The molecule has 0 aliphatic heterocycles. The highest BCUT2D eigenvalue weighted by Gasteiger charge is 2.13. The molecule has 0 spiro atoms.